The predicted octanol–water partition coefficient (Wildman–Crippen LogP) is 3.61. The molecule has 0 unspecified atom stereocenters. The lowest BCUT2D eigenvalue weighted by atomic mass is 10.1. The maximum Gasteiger partial charge on any atom is 0.165 e. The van der Waals surface area contributed by atoms with E-state index in [9.17, 15) is 4.39 Å². The molecule has 0 atom stereocenters. The summed E-state index contributed by atoms with van der Waals surface area (Å²) >= 11 is 0. The van der Waals surface area contributed by atoms with E-state index in [0.29, 0.717) is 6.54 Å². The van der Waals surface area contributed by atoms with Crippen molar-refractivity contribution in [1.29, 1.82) is 0 Å². The van der Waals surface area contributed by atoms with E-state index in [0.717, 1.165) is 22.1 Å². The lowest BCUT2D eigenvalue weighted by Crippen LogP contribution is -2.00. The van der Waals surface area contributed by atoms with Gasteiger partial charge in [0.15, 0.2) is 11.6 Å². The number of para-hydroxylation sites is 1. The highest BCUT2D eigenvalue weighted by molar-refractivity contribution is 5.84. The summed E-state index contributed by atoms with van der Waals surface area (Å²) in [6.07, 6.45) is 1.63. The number of hydrogen-bond acceptors (Lipinski definition) is 3. The van der Waals surface area contributed by atoms with Gasteiger partial charge < -0.3 is 14.9 Å². The number of furan rings is 1. The van der Waals surface area contributed by atoms with E-state index in [1.165, 1.54) is 6.07 Å². The van der Waals surface area contributed by atoms with Gasteiger partial charge in [0, 0.05) is 17.5 Å². The van der Waals surface area contributed by atoms with E-state index in [-0.39, 0.29) is 18.2 Å². The van der Waals surface area contributed by atoms with E-state index >= 15 is 0 Å². The fourth-order valence-corrected chi connectivity index (χ4v) is 2.23. The summed E-state index contributed by atoms with van der Waals surface area (Å²) in [7, 11) is 0. The molecule has 0 fully saturated rings. The first-order valence-corrected chi connectivity index (χ1v) is 6.35. The van der Waals surface area contributed by atoms with Crippen LogP contribution in [0.1, 0.15) is 11.1 Å². The molecule has 0 saturated carbocycles. The van der Waals surface area contributed by atoms with Crippen LogP contribution in [0.2, 0.25) is 0 Å². The lowest BCUT2D eigenvalue weighted by molar-refractivity contribution is 0.290. The minimum Gasteiger partial charge on any atom is -0.486 e. The summed E-state index contributed by atoms with van der Waals surface area (Å²) in [5.41, 5.74) is 8.35. The molecule has 0 spiro atoms. The van der Waals surface area contributed by atoms with Gasteiger partial charge in [0.05, 0.1) is 6.26 Å². The summed E-state index contributed by atoms with van der Waals surface area (Å²) in [6, 6.07) is 12.1. The standard InChI is InChI=1S/C16H14FNO2/c17-13-5-1-2-6-14(13)19-9-12-10-20-15-7-3-4-11(8-18)16(12)15/h1-7,10H,8-9,18H2. The first-order chi connectivity index (χ1) is 9.79. The molecule has 2 aromatic carbocycles. The molecule has 2 N–H and O–H groups in total. The van der Waals surface area contributed by atoms with Crippen molar-refractivity contribution in [3.05, 3.63) is 65.7 Å². The summed E-state index contributed by atoms with van der Waals surface area (Å²) in [6.45, 7) is 0.661. The topological polar surface area (TPSA) is 48.4 Å². The average Bonchev–Trinajstić information content (AvgIpc) is 2.90. The van der Waals surface area contributed by atoms with E-state index in [4.69, 9.17) is 14.9 Å². The normalized spacial score (nSPS) is 10.9. The van der Waals surface area contributed by atoms with Gasteiger partial charge in [-0.15, -0.1) is 0 Å². The number of nitrogens with two attached hydrogens (primary N) is 1. The zero-order chi connectivity index (χ0) is 13.9. The molecule has 0 aliphatic carbocycles. The predicted molar refractivity (Wildman–Crippen MR) is 74.8 cm³/mol. The number of fused-ring (bicyclic) bond motifs is 1. The van der Waals surface area contributed by atoms with E-state index < -0.39 is 0 Å². The third-order valence-electron chi connectivity index (χ3n) is 3.20. The Balaban J connectivity index is 1.90. The molecule has 20 heavy (non-hydrogen) atoms. The molecule has 1 heterocycles. The molecule has 3 nitrogen and oxygen atoms in total. The van der Waals surface area contributed by atoms with Crippen LogP contribution in [-0.2, 0) is 13.2 Å². The molecule has 3 rings (SSSR count). The van der Waals surface area contributed by atoms with Crippen LogP contribution in [0, 0.1) is 5.82 Å². The van der Waals surface area contributed by atoms with Crippen molar-refractivity contribution in [3.8, 4) is 5.75 Å². The van der Waals surface area contributed by atoms with E-state index in [2.05, 4.69) is 0 Å². The van der Waals surface area contributed by atoms with Gasteiger partial charge in [-0.3, -0.25) is 0 Å². The van der Waals surface area contributed by atoms with Crippen molar-refractivity contribution in [2.45, 2.75) is 13.2 Å². The summed E-state index contributed by atoms with van der Waals surface area (Å²) in [4.78, 5) is 0. The molecule has 0 amide bonds. The largest absolute Gasteiger partial charge is 0.486 e. The van der Waals surface area contributed by atoms with Crippen LogP contribution in [0.15, 0.2) is 53.1 Å². The SMILES string of the molecule is NCc1cccc2occ(COc3ccccc3F)c12. The molecule has 3 aromatic rings. The summed E-state index contributed by atoms with van der Waals surface area (Å²) < 4.78 is 24.5. The first kappa shape index (κ1) is 12.7. The molecular formula is C16H14FNO2. The molecule has 102 valence electrons. The van der Waals surface area contributed by atoms with E-state index in [1.807, 2.05) is 18.2 Å². The maximum absolute atomic E-state index is 13.5. The van der Waals surface area contributed by atoms with E-state index in [1.54, 1.807) is 24.5 Å². The smallest absolute Gasteiger partial charge is 0.165 e. The Morgan fingerprint density at radius 3 is 2.70 bits per heavy atom. The van der Waals surface area contributed by atoms with Gasteiger partial charge in [-0.25, -0.2) is 4.39 Å². The van der Waals surface area contributed by atoms with Gasteiger partial charge in [0.1, 0.15) is 12.2 Å². The first-order valence-electron chi connectivity index (χ1n) is 6.35. The fourth-order valence-electron chi connectivity index (χ4n) is 2.23. The molecule has 4 heteroatoms. The van der Waals surface area contributed by atoms with Crippen LogP contribution >= 0.6 is 0 Å². The highest BCUT2D eigenvalue weighted by Gasteiger charge is 2.11. The molecule has 0 aliphatic heterocycles. The zero-order valence-electron chi connectivity index (χ0n) is 10.8. The Bertz CT molecular complexity index is 736. The third kappa shape index (κ3) is 2.26. The van der Waals surface area contributed by atoms with Gasteiger partial charge in [0.25, 0.3) is 0 Å². The van der Waals surface area contributed by atoms with Crippen molar-refractivity contribution in [3.63, 3.8) is 0 Å². The second-order valence-corrected chi connectivity index (χ2v) is 4.47. The third-order valence-corrected chi connectivity index (χ3v) is 3.20. The number of rotatable bonds is 4. The molecule has 0 aliphatic rings. The Hall–Kier alpha value is -2.33. The van der Waals surface area contributed by atoms with Gasteiger partial charge in [0.2, 0.25) is 0 Å². The minimum atomic E-state index is -0.376. The summed E-state index contributed by atoms with van der Waals surface area (Å²) in [5, 5.41) is 0.950. The maximum atomic E-state index is 13.5. The number of hydrogen-bond donors (Lipinski definition) is 1. The fraction of sp³-hybridized carbons (Fsp3) is 0.125. The minimum absolute atomic E-state index is 0.229. The Labute approximate surface area is 115 Å². The molecule has 0 saturated heterocycles. The molecule has 1 aromatic heterocycles. The van der Waals surface area contributed by atoms with Crippen LogP contribution in [0.3, 0.4) is 0 Å². The number of benzene rings is 2. The van der Waals surface area contributed by atoms with Crippen LogP contribution in [-0.4, -0.2) is 0 Å². The van der Waals surface area contributed by atoms with Crippen molar-refractivity contribution < 1.29 is 13.5 Å². The van der Waals surface area contributed by atoms with Crippen molar-refractivity contribution in [2.24, 2.45) is 5.73 Å². The van der Waals surface area contributed by atoms with Crippen LogP contribution in [0.25, 0.3) is 11.0 Å². The van der Waals surface area contributed by atoms with Gasteiger partial charge in [-0.1, -0.05) is 24.3 Å². The summed E-state index contributed by atoms with van der Waals surface area (Å²) in [5.74, 6) is -0.147. The lowest BCUT2D eigenvalue weighted by Gasteiger charge is -2.07. The molecule has 0 bridgehead atoms. The van der Waals surface area contributed by atoms with Crippen LogP contribution in [0.4, 0.5) is 4.39 Å². The van der Waals surface area contributed by atoms with Gasteiger partial charge in [-0.2, -0.15) is 0 Å². The van der Waals surface area contributed by atoms with Crippen LogP contribution < -0.4 is 10.5 Å². The zero-order valence-corrected chi connectivity index (χ0v) is 10.8. The highest BCUT2D eigenvalue weighted by Crippen LogP contribution is 2.26. The number of halogens is 1. The molecule has 0 radical (unpaired) electrons. The highest BCUT2D eigenvalue weighted by atomic mass is 19.1. The van der Waals surface area contributed by atoms with Crippen LogP contribution in [0.5, 0.6) is 5.75 Å². The van der Waals surface area contributed by atoms with Gasteiger partial charge in [-0.05, 0) is 23.8 Å². The van der Waals surface area contributed by atoms with Gasteiger partial charge >= 0.3 is 0 Å². The average molecular weight is 271 g/mol. The van der Waals surface area contributed by atoms with Crippen molar-refractivity contribution in [2.75, 3.05) is 0 Å². The number of ether oxygens (including phenoxy) is 1. The quantitative estimate of drug-likeness (QED) is 0.788. The molecular weight excluding hydrogens is 257 g/mol. The van der Waals surface area contributed by atoms with Crippen molar-refractivity contribution in [1.82, 2.24) is 0 Å². The second-order valence-electron chi connectivity index (χ2n) is 4.47. The Morgan fingerprint density at radius 1 is 1.05 bits per heavy atom. The Kier molecular flexibility index (Phi) is 3.39. The Morgan fingerprint density at radius 2 is 1.90 bits per heavy atom. The van der Waals surface area contributed by atoms with Crippen molar-refractivity contribution >= 4 is 11.0 Å². The monoisotopic (exact) mass is 271 g/mol. The second kappa shape index (κ2) is 5.35.